The Balaban J connectivity index is 2.82. The maximum absolute atomic E-state index is 11.4. The molecule has 82 valence electrons. The molecule has 0 radical (unpaired) electrons. The van der Waals surface area contributed by atoms with Gasteiger partial charge in [-0.25, -0.2) is 13.4 Å². The topological polar surface area (TPSA) is 85.1 Å². The van der Waals surface area contributed by atoms with Gasteiger partial charge in [0, 0.05) is 6.20 Å². The van der Waals surface area contributed by atoms with E-state index in [-0.39, 0.29) is 16.6 Å². The fraction of sp³-hybridized carbons (Fsp3) is 0.250. The van der Waals surface area contributed by atoms with Crippen LogP contribution in [0.3, 0.4) is 0 Å². The molecule has 7 heteroatoms. The first-order chi connectivity index (χ1) is 6.89. The Bertz CT molecular complexity index is 471. The molecule has 0 spiro atoms. The zero-order chi connectivity index (χ0) is 11.5. The van der Waals surface area contributed by atoms with Crippen LogP contribution in [0.25, 0.3) is 0 Å². The molecule has 15 heavy (non-hydrogen) atoms. The minimum absolute atomic E-state index is 0.0739. The molecule has 3 N–H and O–H groups in total. The standard InChI is InChI=1S/C8H11N3O2S2/c1-6-2-3-10-8(4-6)11-15(12,13)5-7(9)14/h2-4H,5H2,1H3,(H2,9,14)(H,10,11). The monoisotopic (exact) mass is 245 g/mol. The summed E-state index contributed by atoms with van der Waals surface area (Å²) in [6.07, 6.45) is 1.52. The van der Waals surface area contributed by atoms with Gasteiger partial charge in [-0.1, -0.05) is 12.2 Å². The Labute approximate surface area is 93.8 Å². The molecule has 0 unspecified atom stereocenters. The van der Waals surface area contributed by atoms with E-state index in [4.69, 9.17) is 5.73 Å². The van der Waals surface area contributed by atoms with E-state index >= 15 is 0 Å². The first-order valence-corrected chi connectivity index (χ1v) is 6.16. The number of anilines is 1. The molecule has 0 aliphatic carbocycles. The molecule has 0 atom stereocenters. The van der Waals surface area contributed by atoms with Crippen LogP contribution < -0.4 is 10.5 Å². The first-order valence-electron chi connectivity index (χ1n) is 4.10. The second-order valence-electron chi connectivity index (χ2n) is 3.05. The smallest absolute Gasteiger partial charge is 0.240 e. The van der Waals surface area contributed by atoms with Gasteiger partial charge in [0.25, 0.3) is 0 Å². The summed E-state index contributed by atoms with van der Waals surface area (Å²) < 4.78 is 25.1. The van der Waals surface area contributed by atoms with Gasteiger partial charge in [0.2, 0.25) is 10.0 Å². The third kappa shape index (κ3) is 4.22. The molecule has 0 amide bonds. The summed E-state index contributed by atoms with van der Waals surface area (Å²) in [5.74, 6) is -0.107. The van der Waals surface area contributed by atoms with Gasteiger partial charge < -0.3 is 5.73 Å². The van der Waals surface area contributed by atoms with Crippen molar-refractivity contribution in [2.24, 2.45) is 5.73 Å². The van der Waals surface area contributed by atoms with Gasteiger partial charge in [-0.15, -0.1) is 0 Å². The summed E-state index contributed by atoms with van der Waals surface area (Å²) in [4.78, 5) is 3.78. The fourth-order valence-electron chi connectivity index (χ4n) is 0.975. The van der Waals surface area contributed by atoms with Gasteiger partial charge >= 0.3 is 0 Å². The third-order valence-corrected chi connectivity index (χ3v) is 3.05. The summed E-state index contributed by atoms with van der Waals surface area (Å²) in [6, 6.07) is 3.39. The van der Waals surface area contributed by atoms with Gasteiger partial charge in [0.15, 0.2) is 0 Å². The summed E-state index contributed by atoms with van der Waals surface area (Å²) in [5.41, 5.74) is 6.07. The predicted octanol–water partition coefficient (Wildman–Crippen LogP) is 0.418. The van der Waals surface area contributed by atoms with E-state index in [0.717, 1.165) is 5.56 Å². The number of hydrogen-bond donors (Lipinski definition) is 2. The molecule has 0 aliphatic rings. The van der Waals surface area contributed by atoms with E-state index in [0.29, 0.717) is 0 Å². The average molecular weight is 245 g/mol. The number of aromatic nitrogens is 1. The largest absolute Gasteiger partial charge is 0.392 e. The van der Waals surface area contributed by atoms with Gasteiger partial charge in [-0.2, -0.15) is 0 Å². The number of hydrogen-bond acceptors (Lipinski definition) is 4. The third-order valence-electron chi connectivity index (χ3n) is 1.51. The summed E-state index contributed by atoms with van der Waals surface area (Å²) in [7, 11) is -3.53. The Kier molecular flexibility index (Phi) is 3.59. The van der Waals surface area contributed by atoms with Crippen LogP contribution in [0.15, 0.2) is 18.3 Å². The molecule has 1 heterocycles. The van der Waals surface area contributed by atoms with E-state index < -0.39 is 10.0 Å². The van der Waals surface area contributed by atoms with Gasteiger partial charge in [-0.3, -0.25) is 4.72 Å². The summed E-state index contributed by atoms with van der Waals surface area (Å²) >= 11 is 4.52. The molecule has 1 aromatic heterocycles. The predicted molar refractivity (Wildman–Crippen MR) is 63.2 cm³/mol. The van der Waals surface area contributed by atoms with Crippen LogP contribution in [0.2, 0.25) is 0 Å². The molecule has 0 saturated heterocycles. The van der Waals surface area contributed by atoms with E-state index in [1.807, 2.05) is 6.92 Å². The molecular formula is C8H11N3O2S2. The van der Waals surface area contributed by atoms with Crippen molar-refractivity contribution in [2.45, 2.75) is 6.92 Å². The molecular weight excluding hydrogens is 234 g/mol. The fourth-order valence-corrected chi connectivity index (χ4v) is 2.32. The minimum atomic E-state index is -3.53. The zero-order valence-corrected chi connectivity index (χ0v) is 9.73. The second kappa shape index (κ2) is 4.54. The Hall–Kier alpha value is -1.21. The highest BCUT2D eigenvalue weighted by atomic mass is 32.2. The minimum Gasteiger partial charge on any atom is -0.392 e. The van der Waals surface area contributed by atoms with Crippen molar-refractivity contribution in [1.82, 2.24) is 4.98 Å². The Morgan fingerprint density at radius 2 is 2.33 bits per heavy atom. The lowest BCUT2D eigenvalue weighted by Gasteiger charge is -2.06. The molecule has 0 saturated carbocycles. The van der Waals surface area contributed by atoms with Crippen LogP contribution in [0.1, 0.15) is 5.56 Å². The van der Waals surface area contributed by atoms with Crippen molar-refractivity contribution in [3.05, 3.63) is 23.9 Å². The van der Waals surface area contributed by atoms with E-state index in [1.165, 1.54) is 6.20 Å². The lowest BCUT2D eigenvalue weighted by atomic mass is 10.3. The van der Waals surface area contributed by atoms with Crippen molar-refractivity contribution in [1.29, 1.82) is 0 Å². The molecule has 0 bridgehead atoms. The lowest BCUT2D eigenvalue weighted by Crippen LogP contribution is -2.26. The highest BCUT2D eigenvalue weighted by molar-refractivity contribution is 7.95. The number of nitrogens with two attached hydrogens (primary N) is 1. The van der Waals surface area contributed by atoms with Crippen molar-refractivity contribution < 1.29 is 8.42 Å². The molecule has 1 rings (SSSR count). The number of thiocarbonyl (C=S) groups is 1. The second-order valence-corrected chi connectivity index (χ2v) is 5.29. The maximum atomic E-state index is 11.4. The number of aryl methyl sites for hydroxylation is 1. The zero-order valence-electron chi connectivity index (χ0n) is 8.10. The number of rotatable bonds is 4. The quantitative estimate of drug-likeness (QED) is 0.751. The lowest BCUT2D eigenvalue weighted by molar-refractivity contribution is 0.604. The van der Waals surface area contributed by atoms with Crippen LogP contribution in [0.4, 0.5) is 5.82 Å². The molecule has 0 fully saturated rings. The summed E-state index contributed by atoms with van der Waals surface area (Å²) in [5, 5.41) is 0. The molecule has 0 aliphatic heterocycles. The normalized spacial score (nSPS) is 11.0. The van der Waals surface area contributed by atoms with Gasteiger partial charge in [0.05, 0.1) is 4.99 Å². The Morgan fingerprint density at radius 1 is 1.67 bits per heavy atom. The van der Waals surface area contributed by atoms with E-state index in [9.17, 15) is 8.42 Å². The number of nitrogens with zero attached hydrogens (tertiary/aromatic N) is 1. The molecule has 1 aromatic rings. The first kappa shape index (κ1) is 11.9. The molecule has 5 nitrogen and oxygen atoms in total. The molecule has 0 aromatic carbocycles. The van der Waals surface area contributed by atoms with Crippen molar-refractivity contribution in [3.8, 4) is 0 Å². The number of nitrogens with one attached hydrogen (secondary N) is 1. The van der Waals surface area contributed by atoms with Crippen LogP contribution in [-0.4, -0.2) is 24.1 Å². The highest BCUT2D eigenvalue weighted by Gasteiger charge is 2.12. The number of pyridine rings is 1. The number of sulfonamides is 1. The van der Waals surface area contributed by atoms with Gasteiger partial charge in [0.1, 0.15) is 11.6 Å². The van der Waals surface area contributed by atoms with Crippen LogP contribution >= 0.6 is 12.2 Å². The average Bonchev–Trinajstić information content (AvgIpc) is 1.99. The Morgan fingerprint density at radius 3 is 2.87 bits per heavy atom. The van der Waals surface area contributed by atoms with Crippen LogP contribution in [0.5, 0.6) is 0 Å². The van der Waals surface area contributed by atoms with Crippen LogP contribution in [0, 0.1) is 6.92 Å². The van der Waals surface area contributed by atoms with E-state index in [2.05, 4.69) is 21.9 Å². The van der Waals surface area contributed by atoms with E-state index in [1.54, 1.807) is 12.1 Å². The van der Waals surface area contributed by atoms with Crippen molar-refractivity contribution in [2.75, 3.05) is 10.5 Å². The highest BCUT2D eigenvalue weighted by Crippen LogP contribution is 2.07. The SMILES string of the molecule is Cc1ccnc(NS(=O)(=O)CC(N)=S)c1. The van der Waals surface area contributed by atoms with Crippen molar-refractivity contribution >= 4 is 33.0 Å². The van der Waals surface area contributed by atoms with Gasteiger partial charge in [-0.05, 0) is 24.6 Å². The maximum Gasteiger partial charge on any atom is 0.240 e. The van der Waals surface area contributed by atoms with Crippen molar-refractivity contribution in [3.63, 3.8) is 0 Å². The summed E-state index contributed by atoms with van der Waals surface area (Å²) in [6.45, 7) is 1.84. The van der Waals surface area contributed by atoms with Crippen LogP contribution in [-0.2, 0) is 10.0 Å².